The van der Waals surface area contributed by atoms with Gasteiger partial charge < -0.3 is 15.0 Å². The number of piperazine rings is 1. The topological polar surface area (TPSA) is 84.7 Å². The van der Waals surface area contributed by atoms with Crippen molar-refractivity contribution in [3.63, 3.8) is 0 Å². The average molecular weight is 423 g/mol. The minimum atomic E-state index is -0.383. The van der Waals surface area contributed by atoms with Crippen molar-refractivity contribution in [1.82, 2.24) is 10.2 Å². The Morgan fingerprint density at radius 1 is 1.10 bits per heavy atom. The van der Waals surface area contributed by atoms with Crippen LogP contribution in [0.5, 0.6) is 5.75 Å². The monoisotopic (exact) mass is 423 g/mol. The quantitative estimate of drug-likeness (QED) is 0.494. The number of nitro benzene ring substituents is 1. The summed E-state index contributed by atoms with van der Waals surface area (Å²) in [5.41, 5.74) is 1.85. The first-order chi connectivity index (χ1) is 14.6. The third kappa shape index (κ3) is 3.92. The van der Waals surface area contributed by atoms with E-state index in [1.54, 1.807) is 19.2 Å². The molecule has 1 saturated heterocycles. The number of hydrogen-bond acceptors (Lipinski definition) is 6. The van der Waals surface area contributed by atoms with Crippen LogP contribution in [0, 0.1) is 10.1 Å². The van der Waals surface area contributed by atoms with Crippen molar-refractivity contribution < 1.29 is 14.5 Å². The van der Waals surface area contributed by atoms with Gasteiger partial charge in [0, 0.05) is 42.7 Å². The molecule has 1 aliphatic rings. The molecule has 8 heteroatoms. The second-order valence-corrected chi connectivity index (χ2v) is 7.98. The van der Waals surface area contributed by atoms with Gasteiger partial charge in [0.25, 0.3) is 11.6 Å². The fraction of sp³-hybridized carbons (Fsp3) is 0.227. The van der Waals surface area contributed by atoms with E-state index in [2.05, 4.69) is 5.32 Å². The predicted octanol–water partition coefficient (Wildman–Crippen LogP) is 4.04. The third-order valence-corrected chi connectivity index (χ3v) is 6.19. The molecule has 0 bridgehead atoms. The number of nitrogens with one attached hydrogen (secondary N) is 1. The lowest BCUT2D eigenvalue weighted by Gasteiger charge is -2.26. The van der Waals surface area contributed by atoms with E-state index in [9.17, 15) is 14.9 Å². The highest BCUT2D eigenvalue weighted by atomic mass is 32.1. The summed E-state index contributed by atoms with van der Waals surface area (Å²) >= 11 is 1.33. The molecule has 1 fully saturated rings. The Bertz CT molecular complexity index is 1080. The summed E-state index contributed by atoms with van der Waals surface area (Å²) < 4.78 is 5.56. The van der Waals surface area contributed by atoms with Crippen molar-refractivity contribution in [3.8, 4) is 27.3 Å². The molecule has 4 rings (SSSR count). The third-order valence-electron chi connectivity index (χ3n) is 5.09. The molecule has 0 atom stereocenters. The molecule has 1 aliphatic heterocycles. The van der Waals surface area contributed by atoms with Crippen LogP contribution >= 0.6 is 11.3 Å². The lowest BCUT2D eigenvalue weighted by Crippen LogP contribution is -2.46. The fourth-order valence-electron chi connectivity index (χ4n) is 3.55. The van der Waals surface area contributed by atoms with Crippen LogP contribution in [0.2, 0.25) is 0 Å². The molecule has 1 amide bonds. The minimum absolute atomic E-state index is 0.000353. The largest absolute Gasteiger partial charge is 0.496 e. The SMILES string of the molecule is COc1cc(-c2ccccc2)c([N+](=O)[O-])cc1-c1ccc(C(=O)N2CCNCC2)s1. The number of hydrogen-bond donors (Lipinski definition) is 1. The highest BCUT2D eigenvalue weighted by Crippen LogP contribution is 2.42. The summed E-state index contributed by atoms with van der Waals surface area (Å²) in [7, 11) is 1.54. The summed E-state index contributed by atoms with van der Waals surface area (Å²) in [6, 6.07) is 16.0. The van der Waals surface area contributed by atoms with Crippen LogP contribution in [-0.2, 0) is 0 Å². The average Bonchev–Trinajstić information content (AvgIpc) is 3.29. The van der Waals surface area contributed by atoms with Crippen molar-refractivity contribution in [3.05, 3.63) is 69.6 Å². The number of carbonyl (C=O) groups excluding carboxylic acids is 1. The van der Waals surface area contributed by atoms with Gasteiger partial charge in [0.2, 0.25) is 0 Å². The van der Waals surface area contributed by atoms with Crippen LogP contribution in [0.15, 0.2) is 54.6 Å². The second kappa shape index (κ2) is 8.64. The standard InChI is InChI=1S/C22H21N3O4S/c1-29-19-14-16(15-5-3-2-4-6-15)18(25(27)28)13-17(19)20-7-8-21(30-20)22(26)24-11-9-23-10-12-24/h2-8,13-14,23H,9-12H2,1H3. The van der Waals surface area contributed by atoms with Gasteiger partial charge in [-0.25, -0.2) is 0 Å². The summed E-state index contributed by atoms with van der Waals surface area (Å²) in [4.78, 5) is 27.4. The number of nitrogens with zero attached hydrogens (tertiary/aromatic N) is 2. The maximum atomic E-state index is 12.8. The first-order valence-corrected chi connectivity index (χ1v) is 10.4. The summed E-state index contributed by atoms with van der Waals surface area (Å²) in [5.74, 6) is 0.518. The maximum absolute atomic E-state index is 12.8. The molecular formula is C22H21N3O4S. The Kier molecular flexibility index (Phi) is 5.78. The molecule has 0 aliphatic carbocycles. The molecule has 0 unspecified atom stereocenters. The molecule has 3 aromatic rings. The number of methoxy groups -OCH3 is 1. The van der Waals surface area contributed by atoms with Crippen LogP contribution in [0.3, 0.4) is 0 Å². The number of benzene rings is 2. The van der Waals surface area contributed by atoms with Crippen LogP contribution in [0.1, 0.15) is 9.67 Å². The zero-order valence-corrected chi connectivity index (χ0v) is 17.3. The molecule has 1 N–H and O–H groups in total. The van der Waals surface area contributed by atoms with E-state index in [1.807, 2.05) is 41.3 Å². The molecule has 7 nitrogen and oxygen atoms in total. The van der Waals surface area contributed by atoms with Gasteiger partial charge in [-0.2, -0.15) is 0 Å². The second-order valence-electron chi connectivity index (χ2n) is 6.90. The maximum Gasteiger partial charge on any atom is 0.278 e. The lowest BCUT2D eigenvalue weighted by atomic mass is 10.00. The van der Waals surface area contributed by atoms with Gasteiger partial charge in [0.05, 0.1) is 22.5 Å². The minimum Gasteiger partial charge on any atom is -0.496 e. The van der Waals surface area contributed by atoms with E-state index < -0.39 is 0 Å². The van der Waals surface area contributed by atoms with Gasteiger partial charge in [-0.05, 0) is 23.8 Å². The molecule has 0 radical (unpaired) electrons. The van der Waals surface area contributed by atoms with Gasteiger partial charge in [0.1, 0.15) is 5.75 Å². The Hall–Kier alpha value is -3.23. The summed E-state index contributed by atoms with van der Waals surface area (Å²) in [5, 5.41) is 15.0. The van der Waals surface area contributed by atoms with Crippen LogP contribution in [-0.4, -0.2) is 49.0 Å². The first kappa shape index (κ1) is 20.1. The first-order valence-electron chi connectivity index (χ1n) is 9.60. The predicted molar refractivity (Wildman–Crippen MR) is 117 cm³/mol. The molecule has 2 aromatic carbocycles. The van der Waals surface area contributed by atoms with Crippen molar-refractivity contribution in [2.45, 2.75) is 0 Å². The summed E-state index contributed by atoms with van der Waals surface area (Å²) in [6.07, 6.45) is 0. The van der Waals surface area contributed by atoms with E-state index in [-0.39, 0.29) is 16.5 Å². The molecule has 154 valence electrons. The molecule has 0 spiro atoms. The Balaban J connectivity index is 1.74. The Morgan fingerprint density at radius 3 is 2.50 bits per heavy atom. The van der Waals surface area contributed by atoms with Gasteiger partial charge in [-0.3, -0.25) is 14.9 Å². The Labute approximate surface area is 178 Å². The molecule has 0 saturated carbocycles. The van der Waals surface area contributed by atoms with E-state index >= 15 is 0 Å². The highest BCUT2D eigenvalue weighted by Gasteiger charge is 2.24. The van der Waals surface area contributed by atoms with Gasteiger partial charge in [-0.1, -0.05) is 30.3 Å². The number of ether oxygens (including phenoxy) is 1. The lowest BCUT2D eigenvalue weighted by molar-refractivity contribution is -0.384. The number of rotatable bonds is 5. The summed E-state index contributed by atoms with van der Waals surface area (Å²) in [6.45, 7) is 2.91. The van der Waals surface area contributed by atoms with E-state index in [0.29, 0.717) is 34.8 Å². The number of nitro groups is 1. The number of amides is 1. The van der Waals surface area contributed by atoms with Crippen LogP contribution in [0.25, 0.3) is 21.6 Å². The highest BCUT2D eigenvalue weighted by molar-refractivity contribution is 7.17. The Morgan fingerprint density at radius 2 is 1.83 bits per heavy atom. The van der Waals surface area contributed by atoms with E-state index in [0.717, 1.165) is 23.5 Å². The van der Waals surface area contributed by atoms with Crippen molar-refractivity contribution >= 4 is 22.9 Å². The molecule has 2 heterocycles. The molecule has 1 aromatic heterocycles. The molecular weight excluding hydrogens is 402 g/mol. The van der Waals surface area contributed by atoms with Gasteiger partial charge >= 0.3 is 0 Å². The van der Waals surface area contributed by atoms with Gasteiger partial charge in [0.15, 0.2) is 0 Å². The molecule has 30 heavy (non-hydrogen) atoms. The van der Waals surface area contributed by atoms with E-state index in [4.69, 9.17) is 4.74 Å². The zero-order chi connectivity index (χ0) is 21.1. The smallest absolute Gasteiger partial charge is 0.278 e. The number of carbonyl (C=O) groups is 1. The number of thiophene rings is 1. The van der Waals surface area contributed by atoms with Crippen molar-refractivity contribution in [1.29, 1.82) is 0 Å². The van der Waals surface area contributed by atoms with Crippen molar-refractivity contribution in [2.75, 3.05) is 33.3 Å². The van der Waals surface area contributed by atoms with Gasteiger partial charge in [-0.15, -0.1) is 11.3 Å². The van der Waals surface area contributed by atoms with Crippen LogP contribution < -0.4 is 10.1 Å². The fourth-order valence-corrected chi connectivity index (χ4v) is 4.55. The normalized spacial score (nSPS) is 13.8. The zero-order valence-electron chi connectivity index (χ0n) is 16.5. The van der Waals surface area contributed by atoms with Crippen molar-refractivity contribution in [2.24, 2.45) is 0 Å². The van der Waals surface area contributed by atoms with Crippen LogP contribution in [0.4, 0.5) is 5.69 Å². The van der Waals surface area contributed by atoms with E-state index in [1.165, 1.54) is 17.4 Å².